The molecule has 4 aliphatic rings. The molecule has 4 aliphatic carbocycles. The molecule has 296 valence electrons. The van der Waals surface area contributed by atoms with Gasteiger partial charge in [-0.1, -0.05) is 152 Å². The summed E-state index contributed by atoms with van der Waals surface area (Å²) < 4.78 is 0. The van der Waals surface area contributed by atoms with Gasteiger partial charge in [0.25, 0.3) is 0 Å². The molecule has 2 nitrogen and oxygen atoms in total. The third kappa shape index (κ3) is 4.54. The zero-order valence-electron chi connectivity index (χ0n) is 34.8. The fraction of sp³-hybridized carbons (Fsp3) is 0.0323. The van der Waals surface area contributed by atoms with E-state index in [4.69, 9.17) is 0 Å². The maximum absolute atomic E-state index is 4.36. The molecule has 0 saturated carbocycles. The first kappa shape index (κ1) is 35.4. The van der Waals surface area contributed by atoms with Crippen LogP contribution in [0.25, 0.3) is 77.9 Å². The summed E-state index contributed by atoms with van der Waals surface area (Å²) in [7, 11) is 0. The van der Waals surface area contributed by atoms with Crippen LogP contribution in [-0.4, -0.2) is 9.97 Å². The summed E-state index contributed by atoms with van der Waals surface area (Å²) in [6.07, 6.45) is 7.52. The molecule has 0 unspecified atom stereocenters. The summed E-state index contributed by atoms with van der Waals surface area (Å²) >= 11 is 0. The summed E-state index contributed by atoms with van der Waals surface area (Å²) in [4.78, 5) is 8.72. The lowest BCUT2D eigenvalue weighted by Gasteiger charge is -2.35. The highest BCUT2D eigenvalue weighted by Crippen LogP contribution is 2.74. The third-order valence-corrected chi connectivity index (χ3v) is 14.7. The Morgan fingerprint density at radius 3 is 0.953 bits per heavy atom. The van der Waals surface area contributed by atoms with Crippen LogP contribution in [0, 0.1) is 0 Å². The molecule has 0 atom stereocenters. The Balaban J connectivity index is 1.12. The Kier molecular flexibility index (Phi) is 7.28. The number of fused-ring (bicyclic) bond motifs is 18. The number of nitrogens with zero attached hydrogens (tertiary/aromatic N) is 2. The molecule has 0 fully saturated rings. The lowest BCUT2D eigenvalue weighted by Crippen LogP contribution is -2.28. The van der Waals surface area contributed by atoms with Gasteiger partial charge in [-0.3, -0.25) is 9.97 Å². The van der Waals surface area contributed by atoms with Crippen molar-refractivity contribution in [3.63, 3.8) is 0 Å². The second kappa shape index (κ2) is 13.2. The Labute approximate surface area is 372 Å². The van der Waals surface area contributed by atoms with E-state index in [2.05, 4.69) is 216 Å². The van der Waals surface area contributed by atoms with E-state index < -0.39 is 10.8 Å². The highest BCUT2D eigenvalue weighted by atomic mass is 14.6. The molecule has 2 spiro atoms. The number of allylic oxidation sites excluding steroid dienone is 2. The predicted molar refractivity (Wildman–Crippen MR) is 261 cm³/mol. The number of benzene rings is 8. The normalized spacial score (nSPS) is 14.8. The SMILES string of the molecule is c1ccc(-c2ccc3c(c2)C2(C4=C3C3(c5cc(-c6cc(-c7ccncc7)cc(-c7ccncc7)c6)ccc54)c4ccccc4-c4ccccc43)c3ccccc3-c3ccccc32)cc1. The standard InChI is InChI=1S/C62H38N2/c1-2-12-39(13-3-1)42-22-24-51-57(37-42)61(53-18-8-4-14-47(53)48-15-5-9-19-54(48)61)60-52-25-23-43(46-35-44(40-26-30-63-31-27-40)34-45(36-46)41-28-32-64-33-29-41)38-58(52)62(59(51)60)55-20-10-6-16-49(55)50-17-7-11-21-56(50)62/h1-38H. The number of hydrogen-bond acceptors (Lipinski definition) is 2. The van der Waals surface area contributed by atoms with E-state index in [1.54, 1.807) is 0 Å². The lowest BCUT2D eigenvalue weighted by molar-refractivity contribution is 0.827. The van der Waals surface area contributed by atoms with Crippen molar-refractivity contribution in [2.45, 2.75) is 10.8 Å². The van der Waals surface area contributed by atoms with Crippen molar-refractivity contribution >= 4 is 11.1 Å². The zero-order valence-corrected chi connectivity index (χ0v) is 34.8. The number of hydrogen-bond donors (Lipinski definition) is 0. The Morgan fingerprint density at radius 1 is 0.219 bits per heavy atom. The van der Waals surface area contributed by atoms with Crippen molar-refractivity contribution in [3.05, 3.63) is 276 Å². The first-order valence-electron chi connectivity index (χ1n) is 22.2. The van der Waals surface area contributed by atoms with E-state index in [-0.39, 0.29) is 0 Å². The Morgan fingerprint density at radius 2 is 0.547 bits per heavy atom. The van der Waals surface area contributed by atoms with Crippen LogP contribution in [0.1, 0.15) is 44.5 Å². The van der Waals surface area contributed by atoms with E-state index in [0.29, 0.717) is 0 Å². The van der Waals surface area contributed by atoms with Gasteiger partial charge < -0.3 is 0 Å². The van der Waals surface area contributed by atoms with Crippen LogP contribution in [0.4, 0.5) is 0 Å². The van der Waals surface area contributed by atoms with Gasteiger partial charge in [-0.15, -0.1) is 0 Å². The topological polar surface area (TPSA) is 25.8 Å². The molecule has 0 bridgehead atoms. The molecular formula is C62H38N2. The van der Waals surface area contributed by atoms with Gasteiger partial charge in [-0.2, -0.15) is 0 Å². The smallest absolute Gasteiger partial charge is 0.0728 e. The van der Waals surface area contributed by atoms with Gasteiger partial charge in [0, 0.05) is 24.8 Å². The van der Waals surface area contributed by atoms with Gasteiger partial charge in [-0.25, -0.2) is 0 Å². The first-order chi connectivity index (χ1) is 31.7. The monoisotopic (exact) mass is 810 g/mol. The van der Waals surface area contributed by atoms with Crippen LogP contribution in [0.2, 0.25) is 0 Å². The van der Waals surface area contributed by atoms with Crippen LogP contribution >= 0.6 is 0 Å². The molecule has 0 radical (unpaired) electrons. The van der Waals surface area contributed by atoms with Crippen molar-refractivity contribution in [1.82, 2.24) is 9.97 Å². The minimum Gasteiger partial charge on any atom is -0.265 e. The number of pyridine rings is 2. The predicted octanol–water partition coefficient (Wildman–Crippen LogP) is 14.7. The van der Waals surface area contributed by atoms with Crippen molar-refractivity contribution in [2.24, 2.45) is 0 Å². The molecular weight excluding hydrogens is 773 g/mol. The Hall–Kier alpha value is -8.20. The molecule has 10 aromatic rings. The zero-order chi connectivity index (χ0) is 42.0. The first-order valence-corrected chi connectivity index (χ1v) is 22.2. The van der Waals surface area contributed by atoms with Gasteiger partial charge >= 0.3 is 0 Å². The van der Waals surface area contributed by atoms with Crippen LogP contribution in [0.5, 0.6) is 0 Å². The molecule has 2 heterocycles. The maximum atomic E-state index is 4.36. The molecule has 14 rings (SSSR count). The molecule has 8 aromatic carbocycles. The summed E-state index contributed by atoms with van der Waals surface area (Å²) in [5.74, 6) is 0. The fourth-order valence-corrected chi connectivity index (χ4v) is 12.3. The van der Waals surface area contributed by atoms with Crippen molar-refractivity contribution in [1.29, 1.82) is 0 Å². The second-order valence-corrected chi connectivity index (χ2v) is 17.6. The quantitative estimate of drug-likeness (QED) is 0.177. The van der Waals surface area contributed by atoms with Gasteiger partial charge in [0.15, 0.2) is 0 Å². The highest BCUT2D eigenvalue weighted by Gasteiger charge is 2.63. The molecule has 0 amide bonds. The van der Waals surface area contributed by atoms with Crippen LogP contribution < -0.4 is 0 Å². The minimum absolute atomic E-state index is 0.551. The van der Waals surface area contributed by atoms with Crippen molar-refractivity contribution in [3.8, 4) is 66.8 Å². The van der Waals surface area contributed by atoms with E-state index >= 15 is 0 Å². The molecule has 2 heteroatoms. The number of rotatable bonds is 4. The van der Waals surface area contributed by atoms with Gasteiger partial charge in [0.05, 0.1) is 10.8 Å². The molecule has 0 saturated heterocycles. The van der Waals surface area contributed by atoms with Crippen molar-refractivity contribution < 1.29 is 0 Å². The van der Waals surface area contributed by atoms with Crippen LogP contribution in [-0.2, 0) is 10.8 Å². The van der Waals surface area contributed by atoms with E-state index in [1.165, 1.54) is 100 Å². The fourth-order valence-electron chi connectivity index (χ4n) is 12.3. The lowest BCUT2D eigenvalue weighted by atomic mass is 9.66. The highest BCUT2D eigenvalue weighted by molar-refractivity contribution is 6.19. The van der Waals surface area contributed by atoms with E-state index in [1.807, 2.05) is 24.8 Å². The maximum Gasteiger partial charge on any atom is 0.0728 e. The molecule has 64 heavy (non-hydrogen) atoms. The average Bonchev–Trinajstić information content (AvgIpc) is 4.06. The average molecular weight is 811 g/mol. The van der Waals surface area contributed by atoms with Gasteiger partial charge in [-0.05, 0) is 177 Å². The van der Waals surface area contributed by atoms with E-state index in [0.717, 1.165) is 22.3 Å². The Bertz CT molecular complexity index is 3450. The van der Waals surface area contributed by atoms with E-state index in [9.17, 15) is 0 Å². The minimum atomic E-state index is -0.580. The molecule has 0 aliphatic heterocycles. The van der Waals surface area contributed by atoms with Gasteiger partial charge in [0.1, 0.15) is 0 Å². The van der Waals surface area contributed by atoms with Gasteiger partial charge in [0.2, 0.25) is 0 Å². The van der Waals surface area contributed by atoms with Crippen LogP contribution in [0.3, 0.4) is 0 Å². The van der Waals surface area contributed by atoms with Crippen LogP contribution in [0.15, 0.2) is 231 Å². The molecule has 0 N–H and O–H groups in total. The second-order valence-electron chi connectivity index (χ2n) is 17.6. The summed E-state index contributed by atoms with van der Waals surface area (Å²) in [5, 5.41) is 0. The molecule has 2 aromatic heterocycles. The third-order valence-electron chi connectivity index (χ3n) is 14.7. The van der Waals surface area contributed by atoms with Crippen molar-refractivity contribution in [2.75, 3.05) is 0 Å². The summed E-state index contributed by atoms with van der Waals surface area (Å²) in [6.45, 7) is 0. The largest absolute Gasteiger partial charge is 0.265 e. The summed E-state index contributed by atoms with van der Waals surface area (Å²) in [5.41, 5.74) is 27.0. The number of aromatic nitrogens is 2. The summed E-state index contributed by atoms with van der Waals surface area (Å²) in [6, 6.07) is 77.9.